The molecule has 1 aromatic rings. The van der Waals surface area contributed by atoms with Crippen molar-refractivity contribution in [2.75, 3.05) is 0 Å². The normalized spacial score (nSPS) is 15.6. The van der Waals surface area contributed by atoms with E-state index in [1.807, 2.05) is 0 Å². The van der Waals surface area contributed by atoms with Gasteiger partial charge in [-0.15, -0.1) is 0 Å². The summed E-state index contributed by atoms with van der Waals surface area (Å²) in [7, 11) is 0. The van der Waals surface area contributed by atoms with Crippen LogP contribution in [-0.4, -0.2) is 16.2 Å². The van der Waals surface area contributed by atoms with E-state index in [1.54, 1.807) is 19.1 Å². The molecule has 0 amide bonds. The second kappa shape index (κ2) is 3.51. The topological polar surface area (TPSA) is 79.1 Å². The summed E-state index contributed by atoms with van der Waals surface area (Å²) in [5.41, 5.74) is 5.93. The predicted molar refractivity (Wildman–Crippen MR) is 45.7 cm³/mol. The molecule has 0 aliphatic carbocycles. The zero-order valence-corrected chi connectivity index (χ0v) is 6.82. The molecule has 4 nitrogen and oxygen atoms in total. The number of pyridine rings is 1. The second-order valence-electron chi connectivity index (χ2n) is 2.74. The third-order valence-electron chi connectivity index (χ3n) is 1.67. The Morgan fingerprint density at radius 2 is 2.25 bits per heavy atom. The van der Waals surface area contributed by atoms with Gasteiger partial charge in [0.1, 0.15) is 0 Å². The Balaban J connectivity index is 2.95. The van der Waals surface area contributed by atoms with Crippen LogP contribution in [0.25, 0.3) is 0 Å². The van der Waals surface area contributed by atoms with Gasteiger partial charge in [-0.2, -0.15) is 0 Å². The number of nitrogens with two attached hydrogens (primary N) is 1. The van der Waals surface area contributed by atoms with Gasteiger partial charge in [-0.05, 0) is 13.0 Å². The van der Waals surface area contributed by atoms with Crippen LogP contribution in [0.1, 0.15) is 18.7 Å². The smallest absolute Gasteiger partial charge is 0.248 e. The number of aliphatic hydroxyl groups is 1. The van der Waals surface area contributed by atoms with Crippen molar-refractivity contribution in [2.24, 2.45) is 5.73 Å². The Bertz CT molecular complexity index is 306. The van der Waals surface area contributed by atoms with Gasteiger partial charge >= 0.3 is 0 Å². The van der Waals surface area contributed by atoms with Crippen molar-refractivity contribution < 1.29 is 5.11 Å². The fourth-order valence-corrected chi connectivity index (χ4v) is 0.919. The molecule has 4 N–H and O–H groups in total. The van der Waals surface area contributed by atoms with Crippen molar-refractivity contribution in [3.05, 3.63) is 34.2 Å². The minimum Gasteiger partial charge on any atom is -0.391 e. The maximum absolute atomic E-state index is 10.8. The Labute approximate surface area is 70.0 Å². The maximum atomic E-state index is 10.8. The fraction of sp³-hybridized carbons (Fsp3) is 0.375. The average Bonchev–Trinajstić information content (AvgIpc) is 2.03. The van der Waals surface area contributed by atoms with Crippen LogP contribution < -0.4 is 11.3 Å². The lowest BCUT2D eigenvalue weighted by molar-refractivity contribution is 0.162. The van der Waals surface area contributed by atoms with E-state index in [9.17, 15) is 4.79 Å². The Hall–Kier alpha value is -1.13. The highest BCUT2D eigenvalue weighted by Gasteiger charge is 2.11. The van der Waals surface area contributed by atoms with Gasteiger partial charge in [0.05, 0.1) is 12.1 Å². The summed E-state index contributed by atoms with van der Waals surface area (Å²) >= 11 is 0. The van der Waals surface area contributed by atoms with Crippen molar-refractivity contribution in [2.45, 2.75) is 19.1 Å². The number of aliphatic hydroxyl groups excluding tert-OH is 1. The number of nitrogens with one attached hydrogen (secondary N) is 1. The average molecular weight is 168 g/mol. The molecule has 1 aromatic heterocycles. The molecule has 0 radical (unpaired) electrons. The quantitative estimate of drug-likeness (QED) is 0.570. The minimum absolute atomic E-state index is 0.205. The minimum atomic E-state index is -0.664. The summed E-state index contributed by atoms with van der Waals surface area (Å²) in [4.78, 5) is 13.4. The summed E-state index contributed by atoms with van der Waals surface area (Å²) in [5.74, 6) is 0. The van der Waals surface area contributed by atoms with Crippen LogP contribution in [0.5, 0.6) is 0 Å². The van der Waals surface area contributed by atoms with Crippen LogP contribution in [0.15, 0.2) is 23.0 Å². The lowest BCUT2D eigenvalue weighted by atomic mass is 10.1. The number of aromatic amines is 1. The number of aromatic nitrogens is 1. The second-order valence-corrected chi connectivity index (χ2v) is 2.74. The van der Waals surface area contributed by atoms with Gasteiger partial charge in [-0.1, -0.05) is 6.07 Å². The van der Waals surface area contributed by atoms with Crippen molar-refractivity contribution in [3.63, 3.8) is 0 Å². The van der Waals surface area contributed by atoms with Gasteiger partial charge < -0.3 is 15.8 Å². The van der Waals surface area contributed by atoms with Crippen LogP contribution >= 0.6 is 0 Å². The summed E-state index contributed by atoms with van der Waals surface area (Å²) in [5, 5.41) is 9.12. The molecule has 0 unspecified atom stereocenters. The first kappa shape index (κ1) is 8.96. The van der Waals surface area contributed by atoms with E-state index >= 15 is 0 Å². The van der Waals surface area contributed by atoms with E-state index in [-0.39, 0.29) is 5.56 Å². The summed E-state index contributed by atoms with van der Waals surface area (Å²) in [6.45, 7) is 1.58. The molecule has 1 heterocycles. The van der Waals surface area contributed by atoms with Gasteiger partial charge in [0.15, 0.2) is 0 Å². The number of H-pyrrole nitrogens is 1. The van der Waals surface area contributed by atoms with Crippen LogP contribution in [0.4, 0.5) is 0 Å². The Morgan fingerprint density at radius 3 is 2.75 bits per heavy atom. The molecule has 0 aromatic carbocycles. The molecule has 0 fully saturated rings. The lowest BCUT2D eigenvalue weighted by Crippen LogP contribution is -2.26. The molecule has 4 heteroatoms. The maximum Gasteiger partial charge on any atom is 0.248 e. The van der Waals surface area contributed by atoms with Crippen molar-refractivity contribution in [1.82, 2.24) is 4.98 Å². The molecule has 0 aliphatic rings. The van der Waals surface area contributed by atoms with Crippen molar-refractivity contribution in [1.29, 1.82) is 0 Å². The van der Waals surface area contributed by atoms with E-state index in [0.717, 1.165) is 0 Å². The third-order valence-corrected chi connectivity index (χ3v) is 1.67. The molecule has 0 aliphatic heterocycles. The highest BCUT2D eigenvalue weighted by molar-refractivity contribution is 5.09. The van der Waals surface area contributed by atoms with Crippen molar-refractivity contribution in [3.8, 4) is 0 Å². The zero-order valence-electron chi connectivity index (χ0n) is 6.82. The highest BCUT2D eigenvalue weighted by atomic mass is 16.3. The van der Waals surface area contributed by atoms with Crippen LogP contribution in [0, 0.1) is 0 Å². The largest absolute Gasteiger partial charge is 0.391 e. The first-order valence-electron chi connectivity index (χ1n) is 3.74. The van der Waals surface area contributed by atoms with Gasteiger partial charge in [0.25, 0.3) is 0 Å². The van der Waals surface area contributed by atoms with Gasteiger partial charge in [0, 0.05) is 11.8 Å². The molecule has 66 valence electrons. The summed E-state index contributed by atoms with van der Waals surface area (Å²) in [6, 6.07) is 4.16. The zero-order chi connectivity index (χ0) is 9.14. The number of hydrogen-bond acceptors (Lipinski definition) is 3. The molecule has 2 atom stereocenters. The Kier molecular flexibility index (Phi) is 2.62. The number of hydrogen-bond donors (Lipinski definition) is 3. The van der Waals surface area contributed by atoms with E-state index < -0.39 is 12.1 Å². The standard InChI is InChI=1S/C8H12N2O2/c1-5(11)8(9)6-3-2-4-7(12)10-6/h2-5,8,11H,9H2,1H3,(H,10,12)/t5-,8-/m0/s1. The molecule has 12 heavy (non-hydrogen) atoms. The first-order valence-corrected chi connectivity index (χ1v) is 3.74. The van der Waals surface area contributed by atoms with E-state index in [0.29, 0.717) is 5.69 Å². The molecule has 0 saturated heterocycles. The van der Waals surface area contributed by atoms with Crippen LogP contribution in [-0.2, 0) is 0 Å². The summed E-state index contributed by atoms with van der Waals surface area (Å²) < 4.78 is 0. The van der Waals surface area contributed by atoms with Gasteiger partial charge in [-0.3, -0.25) is 4.79 Å². The Morgan fingerprint density at radius 1 is 1.58 bits per heavy atom. The molecule has 0 spiro atoms. The molecule has 0 saturated carbocycles. The SMILES string of the molecule is C[C@H](O)[C@H](N)c1cccc(=O)[nH]1. The number of rotatable bonds is 2. The monoisotopic (exact) mass is 168 g/mol. The van der Waals surface area contributed by atoms with E-state index in [1.165, 1.54) is 6.07 Å². The molecular weight excluding hydrogens is 156 g/mol. The third kappa shape index (κ3) is 1.93. The molecular formula is C8H12N2O2. The first-order chi connectivity index (χ1) is 5.61. The van der Waals surface area contributed by atoms with Gasteiger partial charge in [-0.25, -0.2) is 0 Å². The summed E-state index contributed by atoms with van der Waals surface area (Å²) in [6.07, 6.45) is -0.664. The van der Waals surface area contributed by atoms with Crippen molar-refractivity contribution >= 4 is 0 Å². The highest BCUT2D eigenvalue weighted by Crippen LogP contribution is 2.08. The van der Waals surface area contributed by atoms with Crippen LogP contribution in [0.2, 0.25) is 0 Å². The van der Waals surface area contributed by atoms with E-state index in [4.69, 9.17) is 10.8 Å². The molecule has 0 bridgehead atoms. The fourth-order valence-electron chi connectivity index (χ4n) is 0.919. The predicted octanol–water partition coefficient (Wildman–Crippen LogP) is -0.245. The van der Waals surface area contributed by atoms with Crippen LogP contribution in [0.3, 0.4) is 0 Å². The van der Waals surface area contributed by atoms with E-state index in [2.05, 4.69) is 4.98 Å². The lowest BCUT2D eigenvalue weighted by Gasteiger charge is -2.13. The molecule has 1 rings (SSSR count). The van der Waals surface area contributed by atoms with Gasteiger partial charge in [0.2, 0.25) is 5.56 Å².